The van der Waals surface area contributed by atoms with E-state index < -0.39 is 0 Å². The third-order valence-electron chi connectivity index (χ3n) is 2.46. The van der Waals surface area contributed by atoms with Crippen molar-refractivity contribution in [1.82, 2.24) is 15.0 Å². The van der Waals surface area contributed by atoms with E-state index in [9.17, 15) is 0 Å². The zero-order chi connectivity index (χ0) is 12.3. The molecule has 0 aliphatic heterocycles. The number of anilines is 1. The summed E-state index contributed by atoms with van der Waals surface area (Å²) in [7, 11) is 0. The minimum absolute atomic E-state index is 0.0211. The highest BCUT2D eigenvalue weighted by Gasteiger charge is 2.20. The summed E-state index contributed by atoms with van der Waals surface area (Å²) in [6.45, 7) is 4.70. The van der Waals surface area contributed by atoms with E-state index in [1.807, 2.05) is 13.8 Å². The fraction of sp³-hybridized carbons (Fsp3) is 0.727. The van der Waals surface area contributed by atoms with Crippen molar-refractivity contribution in [1.29, 1.82) is 0 Å². The number of nitrogens with one attached hydrogen (secondary N) is 1. The van der Waals surface area contributed by atoms with Gasteiger partial charge in [0.25, 0.3) is 0 Å². The summed E-state index contributed by atoms with van der Waals surface area (Å²) < 4.78 is 5.39. The van der Waals surface area contributed by atoms with E-state index in [4.69, 9.17) is 16.3 Å². The SMILES string of the molecule is CC(C)Oc1nc(Cl)nc(NCCC2CC2)n1. The van der Waals surface area contributed by atoms with Gasteiger partial charge in [-0.3, -0.25) is 0 Å². The lowest BCUT2D eigenvalue weighted by atomic mass is 10.3. The standard InChI is InChI=1S/C11H17ClN4O/c1-7(2)17-11-15-9(12)14-10(16-11)13-6-5-8-3-4-8/h7-8H,3-6H2,1-2H3,(H,13,14,15,16). The predicted octanol–water partition coefficient (Wildman–Crippen LogP) is 2.52. The van der Waals surface area contributed by atoms with E-state index in [1.54, 1.807) is 0 Å². The molecule has 0 amide bonds. The first-order valence-electron chi connectivity index (χ1n) is 5.95. The molecule has 1 aromatic rings. The second kappa shape index (κ2) is 5.49. The summed E-state index contributed by atoms with van der Waals surface area (Å²) >= 11 is 5.81. The Labute approximate surface area is 106 Å². The summed E-state index contributed by atoms with van der Waals surface area (Å²) in [4.78, 5) is 12.1. The first-order chi connectivity index (χ1) is 8.13. The van der Waals surface area contributed by atoms with Crippen LogP contribution in [0, 0.1) is 5.92 Å². The largest absolute Gasteiger partial charge is 0.461 e. The van der Waals surface area contributed by atoms with Crippen molar-refractivity contribution < 1.29 is 4.74 Å². The van der Waals surface area contributed by atoms with E-state index in [0.29, 0.717) is 5.95 Å². The van der Waals surface area contributed by atoms with Crippen LogP contribution >= 0.6 is 11.6 Å². The van der Waals surface area contributed by atoms with Gasteiger partial charge in [0.15, 0.2) is 0 Å². The minimum Gasteiger partial charge on any atom is -0.461 e. The highest BCUT2D eigenvalue weighted by molar-refractivity contribution is 6.28. The molecule has 1 N–H and O–H groups in total. The molecular formula is C11H17ClN4O. The van der Waals surface area contributed by atoms with Crippen molar-refractivity contribution in [3.05, 3.63) is 5.28 Å². The second-order valence-electron chi connectivity index (χ2n) is 4.54. The third kappa shape index (κ3) is 4.34. The Hall–Kier alpha value is -1.10. The molecule has 2 rings (SSSR count). The highest BCUT2D eigenvalue weighted by Crippen LogP contribution is 2.32. The normalized spacial score (nSPS) is 15.1. The van der Waals surface area contributed by atoms with Crippen molar-refractivity contribution in [2.45, 2.75) is 39.2 Å². The van der Waals surface area contributed by atoms with Crippen molar-refractivity contribution in [2.24, 2.45) is 5.92 Å². The average Bonchev–Trinajstić information content (AvgIpc) is 2.99. The number of hydrogen-bond acceptors (Lipinski definition) is 5. The van der Waals surface area contributed by atoms with Crippen LogP contribution in [0.5, 0.6) is 6.01 Å². The quantitative estimate of drug-likeness (QED) is 0.848. The van der Waals surface area contributed by atoms with Crippen LogP contribution in [0.25, 0.3) is 0 Å². The number of hydrogen-bond donors (Lipinski definition) is 1. The molecule has 0 radical (unpaired) electrons. The fourth-order valence-corrected chi connectivity index (χ4v) is 1.62. The van der Waals surface area contributed by atoms with Gasteiger partial charge in [0.1, 0.15) is 0 Å². The Morgan fingerprint density at radius 2 is 2.12 bits per heavy atom. The molecule has 1 fully saturated rings. The van der Waals surface area contributed by atoms with Gasteiger partial charge in [-0.2, -0.15) is 15.0 Å². The third-order valence-corrected chi connectivity index (χ3v) is 2.63. The lowest BCUT2D eigenvalue weighted by Gasteiger charge is -2.09. The Kier molecular flexibility index (Phi) is 3.99. The number of aromatic nitrogens is 3. The van der Waals surface area contributed by atoms with Gasteiger partial charge >= 0.3 is 6.01 Å². The molecule has 1 aliphatic rings. The minimum atomic E-state index is 0.0211. The summed E-state index contributed by atoms with van der Waals surface area (Å²) in [5, 5.41) is 3.30. The molecule has 5 nitrogen and oxygen atoms in total. The molecule has 0 bridgehead atoms. The average molecular weight is 257 g/mol. The topological polar surface area (TPSA) is 59.9 Å². The van der Waals surface area contributed by atoms with Crippen molar-refractivity contribution >= 4 is 17.5 Å². The predicted molar refractivity (Wildman–Crippen MR) is 66.4 cm³/mol. The first kappa shape index (κ1) is 12.4. The summed E-state index contributed by atoms with van der Waals surface area (Å²) in [6, 6.07) is 0.272. The van der Waals surface area contributed by atoms with Crippen LogP contribution in [0.1, 0.15) is 33.1 Å². The van der Waals surface area contributed by atoms with Crippen LogP contribution in [0.2, 0.25) is 5.28 Å². The molecule has 1 aliphatic carbocycles. The van der Waals surface area contributed by atoms with Crippen LogP contribution in [0.3, 0.4) is 0 Å². The lowest BCUT2D eigenvalue weighted by Crippen LogP contribution is -2.12. The van der Waals surface area contributed by atoms with E-state index in [-0.39, 0.29) is 17.4 Å². The van der Waals surface area contributed by atoms with E-state index in [2.05, 4.69) is 20.3 Å². The van der Waals surface area contributed by atoms with Gasteiger partial charge in [-0.25, -0.2) is 0 Å². The molecule has 0 atom stereocenters. The maximum Gasteiger partial charge on any atom is 0.322 e. The fourth-order valence-electron chi connectivity index (χ4n) is 1.47. The van der Waals surface area contributed by atoms with Gasteiger partial charge < -0.3 is 10.1 Å². The highest BCUT2D eigenvalue weighted by atomic mass is 35.5. The van der Waals surface area contributed by atoms with Crippen LogP contribution in [0.15, 0.2) is 0 Å². The maximum absolute atomic E-state index is 5.81. The van der Waals surface area contributed by atoms with E-state index >= 15 is 0 Å². The Morgan fingerprint density at radius 3 is 2.76 bits per heavy atom. The molecule has 1 heterocycles. The van der Waals surface area contributed by atoms with Crippen LogP contribution in [-0.4, -0.2) is 27.6 Å². The number of ether oxygens (including phenoxy) is 1. The summed E-state index contributed by atoms with van der Waals surface area (Å²) in [5.74, 6) is 1.37. The van der Waals surface area contributed by atoms with Crippen LogP contribution in [-0.2, 0) is 0 Å². The number of rotatable bonds is 6. The molecular weight excluding hydrogens is 240 g/mol. The smallest absolute Gasteiger partial charge is 0.322 e. The molecule has 6 heteroatoms. The van der Waals surface area contributed by atoms with Crippen LogP contribution in [0.4, 0.5) is 5.95 Å². The van der Waals surface area contributed by atoms with Crippen molar-refractivity contribution in [3.63, 3.8) is 0 Å². The van der Waals surface area contributed by atoms with Crippen LogP contribution < -0.4 is 10.1 Å². The molecule has 94 valence electrons. The lowest BCUT2D eigenvalue weighted by molar-refractivity contribution is 0.222. The van der Waals surface area contributed by atoms with Gasteiger partial charge in [-0.15, -0.1) is 0 Å². The zero-order valence-corrected chi connectivity index (χ0v) is 10.9. The van der Waals surface area contributed by atoms with E-state index in [0.717, 1.165) is 18.9 Å². The molecule has 0 aromatic carbocycles. The molecule has 1 aromatic heterocycles. The van der Waals surface area contributed by atoms with Crippen molar-refractivity contribution in [2.75, 3.05) is 11.9 Å². The monoisotopic (exact) mass is 256 g/mol. The Balaban J connectivity index is 1.92. The Morgan fingerprint density at radius 1 is 1.35 bits per heavy atom. The maximum atomic E-state index is 5.81. The molecule has 1 saturated carbocycles. The van der Waals surface area contributed by atoms with Gasteiger partial charge in [0, 0.05) is 6.54 Å². The summed E-state index contributed by atoms with van der Waals surface area (Å²) in [5.41, 5.74) is 0. The molecule has 0 saturated heterocycles. The zero-order valence-electron chi connectivity index (χ0n) is 10.1. The molecule has 0 unspecified atom stereocenters. The number of nitrogens with zero attached hydrogens (tertiary/aromatic N) is 3. The number of halogens is 1. The van der Waals surface area contributed by atoms with Gasteiger partial charge in [-0.05, 0) is 37.8 Å². The van der Waals surface area contributed by atoms with Gasteiger partial charge in [0.05, 0.1) is 6.10 Å². The Bertz CT molecular complexity index is 382. The second-order valence-corrected chi connectivity index (χ2v) is 4.87. The molecule has 17 heavy (non-hydrogen) atoms. The van der Waals surface area contributed by atoms with E-state index in [1.165, 1.54) is 12.8 Å². The molecule has 0 spiro atoms. The van der Waals surface area contributed by atoms with Gasteiger partial charge in [-0.1, -0.05) is 12.8 Å². The van der Waals surface area contributed by atoms with Crippen molar-refractivity contribution in [3.8, 4) is 6.01 Å². The van der Waals surface area contributed by atoms with Gasteiger partial charge in [0.2, 0.25) is 11.2 Å². The summed E-state index contributed by atoms with van der Waals surface area (Å²) in [6.07, 6.45) is 3.87. The first-order valence-corrected chi connectivity index (χ1v) is 6.33.